The van der Waals surface area contributed by atoms with Gasteiger partial charge in [-0.05, 0) is 77.6 Å². The van der Waals surface area contributed by atoms with E-state index in [2.05, 4.69) is 56.6 Å². The Kier molecular flexibility index (Phi) is 6.23. The van der Waals surface area contributed by atoms with Gasteiger partial charge < -0.3 is 10.4 Å². The number of nitrogens with one attached hydrogen (secondary N) is 1. The number of fused-ring (bicyclic) bond motifs is 1. The molecule has 4 nitrogen and oxygen atoms in total. The van der Waals surface area contributed by atoms with Gasteiger partial charge in [-0.2, -0.15) is 0 Å². The quantitative estimate of drug-likeness (QED) is 0.319. The Morgan fingerprint density at radius 1 is 1.09 bits per heavy atom. The molecule has 2 aliphatic rings. The third-order valence-corrected chi connectivity index (χ3v) is 7.32. The Morgan fingerprint density at radius 3 is 2.44 bits per heavy atom. The molecule has 2 aromatic rings. The van der Waals surface area contributed by atoms with E-state index in [1.165, 1.54) is 29.7 Å². The molecule has 4 rings (SSSR count). The summed E-state index contributed by atoms with van der Waals surface area (Å²) >= 11 is 0. The van der Waals surface area contributed by atoms with E-state index in [0.29, 0.717) is 28.7 Å². The molecule has 4 heteroatoms. The Balaban J connectivity index is 1.61. The number of aliphatic hydroxyl groups excluding tert-OH is 1. The number of ketones is 1. The van der Waals surface area contributed by atoms with Gasteiger partial charge in [-0.1, -0.05) is 51.6 Å². The number of benzene rings is 2. The van der Waals surface area contributed by atoms with Gasteiger partial charge in [0.2, 0.25) is 0 Å². The highest BCUT2D eigenvalue weighted by molar-refractivity contribution is 6.10. The minimum Gasteiger partial charge on any atom is -0.507 e. The number of aryl methyl sites for hydroxylation is 1. The lowest BCUT2D eigenvalue weighted by Gasteiger charge is -2.27. The number of rotatable bonds is 4. The third-order valence-electron chi connectivity index (χ3n) is 7.32. The molecule has 2 atom stereocenters. The summed E-state index contributed by atoms with van der Waals surface area (Å²) in [6, 6.07) is 11.0. The minimum absolute atomic E-state index is 0.00172. The minimum atomic E-state index is -0.347. The highest BCUT2D eigenvalue weighted by atomic mass is 16.3. The van der Waals surface area contributed by atoms with Gasteiger partial charge in [0.05, 0.1) is 5.70 Å². The summed E-state index contributed by atoms with van der Waals surface area (Å²) in [6.07, 6.45) is 5.03. The van der Waals surface area contributed by atoms with Crippen LogP contribution in [0.2, 0.25) is 0 Å². The zero-order valence-electron chi connectivity index (χ0n) is 20.5. The van der Waals surface area contributed by atoms with Gasteiger partial charge in [0.1, 0.15) is 5.76 Å². The highest BCUT2D eigenvalue weighted by Gasteiger charge is 2.33. The van der Waals surface area contributed by atoms with Crippen LogP contribution in [0.3, 0.4) is 0 Å². The predicted molar refractivity (Wildman–Crippen MR) is 134 cm³/mol. The van der Waals surface area contributed by atoms with Crippen LogP contribution in [0.4, 0.5) is 0 Å². The summed E-state index contributed by atoms with van der Waals surface area (Å²) in [5.41, 5.74) is 11.0. The summed E-state index contributed by atoms with van der Waals surface area (Å²) in [5, 5.41) is 12.2. The highest BCUT2D eigenvalue weighted by Crippen LogP contribution is 2.44. The van der Waals surface area contributed by atoms with Crippen molar-refractivity contribution < 1.29 is 14.7 Å². The summed E-state index contributed by atoms with van der Waals surface area (Å²) in [6.45, 7) is 11.2. The maximum absolute atomic E-state index is 13.5. The fraction of sp³-hybridized carbons (Fsp3) is 0.333. The van der Waals surface area contributed by atoms with E-state index in [4.69, 9.17) is 0 Å². The molecule has 2 N–H and O–H groups in total. The van der Waals surface area contributed by atoms with E-state index in [-0.39, 0.29) is 22.9 Å². The first-order valence-corrected chi connectivity index (χ1v) is 11.8. The van der Waals surface area contributed by atoms with Crippen LogP contribution in [0.1, 0.15) is 89.4 Å². The number of allylic oxidation sites excluding steroid dienone is 2. The van der Waals surface area contributed by atoms with Crippen molar-refractivity contribution in [2.45, 2.75) is 58.8 Å². The van der Waals surface area contributed by atoms with Crippen molar-refractivity contribution in [1.82, 2.24) is 5.32 Å². The van der Waals surface area contributed by atoms with E-state index < -0.39 is 0 Å². The maximum atomic E-state index is 13.5. The molecule has 0 spiro atoms. The number of aliphatic hydroxyl groups is 1. The molecule has 2 unspecified atom stereocenters. The van der Waals surface area contributed by atoms with E-state index in [1.54, 1.807) is 24.3 Å². The van der Waals surface area contributed by atoms with Crippen LogP contribution in [0.5, 0.6) is 0 Å². The summed E-state index contributed by atoms with van der Waals surface area (Å²) < 4.78 is 0. The van der Waals surface area contributed by atoms with Gasteiger partial charge in [0, 0.05) is 28.8 Å². The topological polar surface area (TPSA) is 66.4 Å². The lowest BCUT2D eigenvalue weighted by atomic mass is 9.77. The van der Waals surface area contributed by atoms with Crippen LogP contribution in [-0.2, 0) is 5.41 Å². The molecule has 0 aromatic heterocycles. The molecule has 2 aromatic carbocycles. The van der Waals surface area contributed by atoms with Crippen LogP contribution < -0.4 is 5.32 Å². The predicted octanol–water partition coefficient (Wildman–Crippen LogP) is 6.42. The Bertz CT molecular complexity index is 1300. The zero-order valence-corrected chi connectivity index (χ0v) is 20.5. The van der Waals surface area contributed by atoms with Crippen molar-refractivity contribution in [2.75, 3.05) is 0 Å². The number of carbonyl (C=O) groups is 2. The normalized spacial score (nSPS) is 20.6. The zero-order chi connectivity index (χ0) is 24.6. The standard InChI is InChI=1S/C30H31NO3/c1-18-13-14-30(4,5)27-17-25(19(2)15-26(27)20(18)3)28(33)21-9-11-22(12-10-21)29(34)31-23-7-6-8-24(32)16-23/h8-12,15-18,20,32H,13-14H2,1-5H3,(H,31,34). The molecule has 0 saturated heterocycles. The van der Waals surface area contributed by atoms with Crippen LogP contribution in [0.25, 0.3) is 0 Å². The van der Waals surface area contributed by atoms with Crippen molar-refractivity contribution in [3.63, 3.8) is 0 Å². The molecule has 0 heterocycles. The molecule has 0 radical (unpaired) electrons. The molecule has 0 bridgehead atoms. The number of hydrogen-bond donors (Lipinski definition) is 2. The lowest BCUT2D eigenvalue weighted by Crippen LogP contribution is -2.22. The lowest BCUT2D eigenvalue weighted by molar-refractivity contribution is 0.0965. The van der Waals surface area contributed by atoms with Gasteiger partial charge in [-0.3, -0.25) is 9.59 Å². The van der Waals surface area contributed by atoms with Gasteiger partial charge in [0.25, 0.3) is 5.91 Å². The van der Waals surface area contributed by atoms with E-state index in [9.17, 15) is 14.7 Å². The van der Waals surface area contributed by atoms with Crippen LogP contribution in [0, 0.1) is 12.8 Å². The monoisotopic (exact) mass is 453 g/mol. The number of amides is 1. The van der Waals surface area contributed by atoms with Crippen LogP contribution >= 0.6 is 0 Å². The number of hydrogen-bond acceptors (Lipinski definition) is 3. The first-order chi connectivity index (χ1) is 16.1. The summed E-state index contributed by atoms with van der Waals surface area (Å²) in [7, 11) is 0. The van der Waals surface area contributed by atoms with Crippen LogP contribution in [-0.4, -0.2) is 16.8 Å². The molecule has 1 amide bonds. The Hall–Kier alpha value is -3.58. The maximum Gasteiger partial charge on any atom is 0.256 e. The third kappa shape index (κ3) is 4.56. The molecule has 0 saturated carbocycles. The number of carbonyl (C=O) groups excluding carboxylic acids is 2. The van der Waals surface area contributed by atoms with Crippen molar-refractivity contribution in [3.8, 4) is 0 Å². The van der Waals surface area contributed by atoms with E-state index in [0.717, 1.165) is 17.5 Å². The van der Waals surface area contributed by atoms with Crippen LogP contribution in [0.15, 0.2) is 71.5 Å². The van der Waals surface area contributed by atoms with E-state index in [1.807, 2.05) is 6.92 Å². The summed E-state index contributed by atoms with van der Waals surface area (Å²) in [4.78, 5) is 26.0. The fourth-order valence-corrected chi connectivity index (χ4v) is 4.82. The van der Waals surface area contributed by atoms with Gasteiger partial charge in [0.15, 0.2) is 5.78 Å². The van der Waals surface area contributed by atoms with Crippen molar-refractivity contribution >= 4 is 11.7 Å². The van der Waals surface area contributed by atoms with E-state index >= 15 is 0 Å². The fourth-order valence-electron chi connectivity index (χ4n) is 4.82. The average Bonchev–Trinajstić information content (AvgIpc) is 2.88. The molecule has 0 aliphatic heterocycles. The second-order valence-corrected chi connectivity index (χ2v) is 10.2. The average molecular weight is 454 g/mol. The van der Waals surface area contributed by atoms with Gasteiger partial charge in [-0.15, -0.1) is 0 Å². The molecule has 34 heavy (non-hydrogen) atoms. The second kappa shape index (κ2) is 8.99. The first-order valence-electron chi connectivity index (χ1n) is 11.8. The SMILES string of the molecule is Cc1cc2c(cc1C(=O)c1ccc(C(=O)NC3=C=C=CC(O)=C3)cc1)C(C)(C)CCC(C)C2C. The second-order valence-electron chi connectivity index (χ2n) is 10.2. The smallest absolute Gasteiger partial charge is 0.256 e. The van der Waals surface area contributed by atoms with Gasteiger partial charge in [-0.25, -0.2) is 0 Å². The van der Waals surface area contributed by atoms with Crippen molar-refractivity contribution in [3.05, 3.63) is 105 Å². The molecule has 0 fully saturated rings. The largest absolute Gasteiger partial charge is 0.507 e. The molecule has 2 aliphatic carbocycles. The Labute approximate surface area is 201 Å². The molecular formula is C30H31NO3. The first kappa shape index (κ1) is 23.6. The Morgan fingerprint density at radius 2 is 1.76 bits per heavy atom. The molecule has 174 valence electrons. The van der Waals surface area contributed by atoms with Crippen molar-refractivity contribution in [1.29, 1.82) is 0 Å². The summed E-state index contributed by atoms with van der Waals surface area (Å²) in [5.74, 6) is 0.677. The van der Waals surface area contributed by atoms with Crippen molar-refractivity contribution in [2.24, 2.45) is 5.92 Å². The van der Waals surface area contributed by atoms with Gasteiger partial charge >= 0.3 is 0 Å². The molecular weight excluding hydrogens is 422 g/mol.